The Hall–Kier alpha value is -3.46. The molecule has 2 amide bonds. The van der Waals surface area contributed by atoms with Crippen LogP contribution in [0.15, 0.2) is 54.6 Å². The number of aryl methyl sites for hydroxylation is 1. The minimum absolute atomic E-state index is 0.190. The fourth-order valence-corrected chi connectivity index (χ4v) is 4.76. The van der Waals surface area contributed by atoms with Gasteiger partial charge < -0.3 is 10.6 Å². The van der Waals surface area contributed by atoms with Crippen molar-refractivity contribution in [1.29, 1.82) is 0 Å². The Labute approximate surface area is 173 Å². The number of hydrogen-bond donors (Lipinski definition) is 2. The maximum Gasteiger partial charge on any atom is 0.314 e. The molecule has 4 rings (SSSR count). The Balaban J connectivity index is 1.58. The molecule has 1 aliphatic rings. The first kappa shape index (κ1) is 19.8. The van der Waals surface area contributed by atoms with Crippen LogP contribution < -0.4 is 10.6 Å². The number of carbonyl (C=O) groups excluding carboxylic acids is 2. The van der Waals surface area contributed by atoms with Crippen molar-refractivity contribution in [2.75, 3.05) is 5.32 Å². The third-order valence-corrected chi connectivity index (χ3v) is 6.24. The van der Waals surface area contributed by atoms with Crippen LogP contribution in [-0.2, 0) is 37.5 Å². The van der Waals surface area contributed by atoms with E-state index in [1.54, 1.807) is 0 Å². The molecule has 0 bridgehead atoms. The summed E-state index contributed by atoms with van der Waals surface area (Å²) < 4.78 is 25.5. The lowest BCUT2D eigenvalue weighted by atomic mass is 10.2. The maximum absolute atomic E-state index is 12.5. The topological polar surface area (TPSA) is 110 Å². The first-order chi connectivity index (χ1) is 14.3. The van der Waals surface area contributed by atoms with Gasteiger partial charge in [0.05, 0.1) is 22.9 Å². The van der Waals surface area contributed by atoms with E-state index < -0.39 is 21.7 Å². The van der Waals surface area contributed by atoms with Crippen molar-refractivity contribution in [1.82, 2.24) is 15.1 Å². The van der Waals surface area contributed by atoms with E-state index in [0.29, 0.717) is 16.9 Å². The normalized spacial score (nSPS) is 14.2. The van der Waals surface area contributed by atoms with Crippen LogP contribution in [0, 0.1) is 6.92 Å². The molecule has 0 saturated heterocycles. The minimum Gasteiger partial charge on any atom is -0.344 e. The van der Waals surface area contributed by atoms with E-state index in [9.17, 15) is 18.0 Å². The maximum atomic E-state index is 12.5. The zero-order chi connectivity index (χ0) is 21.3. The molecule has 30 heavy (non-hydrogen) atoms. The Morgan fingerprint density at radius 1 is 1.00 bits per heavy atom. The molecule has 0 unspecified atom stereocenters. The Morgan fingerprint density at radius 2 is 1.70 bits per heavy atom. The molecule has 2 N–H and O–H groups in total. The lowest BCUT2D eigenvalue weighted by Gasteiger charge is -2.11. The molecule has 3 aromatic rings. The van der Waals surface area contributed by atoms with Crippen LogP contribution in [0.4, 0.5) is 5.82 Å². The number of sulfone groups is 1. The molecular weight excluding hydrogens is 404 g/mol. The van der Waals surface area contributed by atoms with Crippen molar-refractivity contribution in [3.63, 3.8) is 0 Å². The summed E-state index contributed by atoms with van der Waals surface area (Å²) in [6.07, 6.45) is 0. The highest BCUT2D eigenvalue weighted by molar-refractivity contribution is 7.90. The summed E-state index contributed by atoms with van der Waals surface area (Å²) in [6.45, 7) is 2.15. The van der Waals surface area contributed by atoms with Crippen molar-refractivity contribution in [2.24, 2.45) is 0 Å². The van der Waals surface area contributed by atoms with Gasteiger partial charge in [-0.1, -0.05) is 48.0 Å². The fraction of sp³-hybridized carbons (Fsp3) is 0.190. The van der Waals surface area contributed by atoms with Crippen molar-refractivity contribution < 1.29 is 18.0 Å². The van der Waals surface area contributed by atoms with Gasteiger partial charge in [-0.05, 0) is 24.6 Å². The molecule has 0 radical (unpaired) electrons. The second kappa shape index (κ2) is 7.75. The molecule has 8 nitrogen and oxygen atoms in total. The number of fused-ring (bicyclic) bond motifs is 1. The van der Waals surface area contributed by atoms with Crippen LogP contribution in [0.1, 0.15) is 22.4 Å². The minimum atomic E-state index is -3.32. The molecule has 9 heteroatoms. The van der Waals surface area contributed by atoms with Gasteiger partial charge in [0.1, 0.15) is 5.82 Å². The molecule has 2 heterocycles. The molecular formula is C21H20N4O4S. The van der Waals surface area contributed by atoms with Crippen LogP contribution in [0.3, 0.4) is 0 Å². The van der Waals surface area contributed by atoms with E-state index in [1.807, 2.05) is 61.5 Å². The first-order valence-corrected chi connectivity index (χ1v) is 11.2. The van der Waals surface area contributed by atoms with Crippen LogP contribution in [-0.4, -0.2) is 30.0 Å². The van der Waals surface area contributed by atoms with E-state index in [0.717, 1.165) is 11.1 Å². The van der Waals surface area contributed by atoms with Crippen molar-refractivity contribution >= 4 is 27.5 Å². The summed E-state index contributed by atoms with van der Waals surface area (Å²) in [4.78, 5) is 24.8. The van der Waals surface area contributed by atoms with Gasteiger partial charge in [0.2, 0.25) is 0 Å². The molecule has 0 spiro atoms. The quantitative estimate of drug-likeness (QED) is 0.621. The lowest BCUT2D eigenvalue weighted by Crippen LogP contribution is -2.35. The highest BCUT2D eigenvalue weighted by Gasteiger charge is 2.33. The van der Waals surface area contributed by atoms with Gasteiger partial charge in [0.25, 0.3) is 0 Å². The van der Waals surface area contributed by atoms with Gasteiger partial charge in [-0.15, -0.1) is 0 Å². The summed E-state index contributed by atoms with van der Waals surface area (Å²) in [6, 6.07) is 16.6. The number of nitrogens with one attached hydrogen (secondary N) is 2. The van der Waals surface area contributed by atoms with Crippen molar-refractivity contribution in [3.05, 3.63) is 77.0 Å². The van der Waals surface area contributed by atoms with E-state index in [4.69, 9.17) is 0 Å². The molecule has 154 valence electrons. The van der Waals surface area contributed by atoms with Crippen LogP contribution in [0.5, 0.6) is 0 Å². The third kappa shape index (κ3) is 4.11. The predicted molar refractivity (Wildman–Crippen MR) is 112 cm³/mol. The van der Waals surface area contributed by atoms with Crippen LogP contribution in [0.2, 0.25) is 0 Å². The van der Waals surface area contributed by atoms with E-state index in [2.05, 4.69) is 15.7 Å². The number of rotatable bonds is 4. The average Bonchev–Trinajstić information content (AvgIpc) is 3.20. The fourth-order valence-electron chi connectivity index (χ4n) is 3.27. The number of amides is 2. The SMILES string of the molecule is Cc1ccc(-n2nc3c(c2NC(=O)C(=O)NCc2ccccc2)CS(=O)(=O)C3)cc1. The summed E-state index contributed by atoms with van der Waals surface area (Å²) in [5.41, 5.74) is 3.37. The molecule has 2 aromatic carbocycles. The number of carbonyl (C=O) groups is 2. The number of nitrogens with zero attached hydrogens (tertiary/aromatic N) is 2. The Kier molecular flexibility index (Phi) is 5.13. The van der Waals surface area contributed by atoms with E-state index in [1.165, 1.54) is 4.68 Å². The van der Waals surface area contributed by atoms with E-state index in [-0.39, 0.29) is 23.9 Å². The summed E-state index contributed by atoms with van der Waals surface area (Å²) in [7, 11) is -3.32. The van der Waals surface area contributed by atoms with Gasteiger partial charge in [-0.3, -0.25) is 9.59 Å². The average molecular weight is 424 g/mol. The largest absolute Gasteiger partial charge is 0.344 e. The second-order valence-electron chi connectivity index (χ2n) is 7.18. The van der Waals surface area contributed by atoms with Gasteiger partial charge >= 0.3 is 11.8 Å². The smallest absolute Gasteiger partial charge is 0.314 e. The number of aromatic nitrogens is 2. The zero-order valence-electron chi connectivity index (χ0n) is 16.3. The highest BCUT2D eigenvalue weighted by Crippen LogP contribution is 2.32. The molecule has 0 aliphatic carbocycles. The van der Waals surface area contributed by atoms with Gasteiger partial charge in [-0.2, -0.15) is 5.10 Å². The second-order valence-corrected chi connectivity index (χ2v) is 9.24. The first-order valence-electron chi connectivity index (χ1n) is 9.34. The monoisotopic (exact) mass is 424 g/mol. The molecule has 1 aliphatic heterocycles. The standard InChI is InChI=1S/C21H20N4O4S/c1-14-7-9-16(10-8-14)25-19(17-12-30(28,29)13-18(17)24-25)23-21(27)20(26)22-11-15-5-3-2-4-6-15/h2-10H,11-13H2,1H3,(H,22,26)(H,23,27). The van der Waals surface area contributed by atoms with Crippen LogP contribution >= 0.6 is 0 Å². The lowest BCUT2D eigenvalue weighted by molar-refractivity contribution is -0.136. The summed E-state index contributed by atoms with van der Waals surface area (Å²) in [5, 5.41) is 9.51. The van der Waals surface area contributed by atoms with E-state index >= 15 is 0 Å². The molecule has 1 aromatic heterocycles. The summed E-state index contributed by atoms with van der Waals surface area (Å²) >= 11 is 0. The zero-order valence-corrected chi connectivity index (χ0v) is 17.1. The number of hydrogen-bond acceptors (Lipinski definition) is 5. The molecule has 0 fully saturated rings. The van der Waals surface area contributed by atoms with Gasteiger partial charge in [0.15, 0.2) is 9.84 Å². The van der Waals surface area contributed by atoms with Crippen molar-refractivity contribution in [3.8, 4) is 5.69 Å². The highest BCUT2D eigenvalue weighted by atomic mass is 32.2. The predicted octanol–water partition coefficient (Wildman–Crippen LogP) is 1.86. The van der Waals surface area contributed by atoms with Gasteiger partial charge in [-0.25, -0.2) is 13.1 Å². The molecule has 0 saturated carbocycles. The number of benzene rings is 2. The Morgan fingerprint density at radius 3 is 2.40 bits per heavy atom. The Bertz CT molecular complexity index is 1220. The third-order valence-electron chi connectivity index (χ3n) is 4.80. The van der Waals surface area contributed by atoms with Crippen LogP contribution in [0.25, 0.3) is 5.69 Å². The van der Waals surface area contributed by atoms with Crippen molar-refractivity contribution in [2.45, 2.75) is 25.0 Å². The number of anilines is 1. The molecule has 0 atom stereocenters. The van der Waals surface area contributed by atoms with Gasteiger partial charge in [0, 0.05) is 12.1 Å². The summed E-state index contributed by atoms with van der Waals surface area (Å²) in [5.74, 6) is -1.91.